The van der Waals surface area contributed by atoms with Crippen LogP contribution in [0.4, 0.5) is 5.69 Å². The van der Waals surface area contributed by atoms with Gasteiger partial charge in [-0.2, -0.15) is 0 Å². The zero-order valence-corrected chi connectivity index (χ0v) is 18.3. The zero-order chi connectivity index (χ0) is 21.0. The van der Waals surface area contributed by atoms with Gasteiger partial charge in [-0.15, -0.1) is 0 Å². The van der Waals surface area contributed by atoms with E-state index in [1.165, 1.54) is 25.3 Å². The van der Waals surface area contributed by atoms with Gasteiger partial charge in [0.05, 0.1) is 17.8 Å². The Hall–Kier alpha value is -1.96. The Balaban J connectivity index is 2.07. The summed E-state index contributed by atoms with van der Waals surface area (Å²) in [6, 6.07) is 10.9. The van der Waals surface area contributed by atoms with Crippen molar-refractivity contribution in [1.82, 2.24) is 4.90 Å². The molecule has 1 aliphatic heterocycles. The van der Waals surface area contributed by atoms with E-state index in [0.717, 1.165) is 23.6 Å². The Kier molecular flexibility index (Phi) is 6.93. The molecule has 2 aromatic rings. The molecular formula is C20H22Cl2N2O4S. The van der Waals surface area contributed by atoms with Crippen LogP contribution in [0.2, 0.25) is 10.0 Å². The number of anilines is 1. The maximum Gasteiger partial charge on any atom is 0.266 e. The molecule has 3 rings (SSSR count). The number of sulfonamides is 1. The quantitative estimate of drug-likeness (QED) is 0.652. The standard InChI is InChI=1S/C20H22Cl2N2O4S/c1-28-18-8-4-3-7-17(18)24(14-20(25)23-11-5-2-6-12-23)29(26,27)19-13-15(21)9-10-16(19)22/h3-4,7-10,13H,2,5-6,11-12,14H2,1H3. The zero-order valence-electron chi connectivity index (χ0n) is 16.0. The Morgan fingerprint density at radius 1 is 1.10 bits per heavy atom. The summed E-state index contributed by atoms with van der Waals surface area (Å²) in [5.74, 6) is 0.0676. The van der Waals surface area contributed by atoms with E-state index in [-0.39, 0.29) is 33.1 Å². The third-order valence-electron chi connectivity index (χ3n) is 4.80. The van der Waals surface area contributed by atoms with Crippen molar-refractivity contribution in [3.63, 3.8) is 0 Å². The first kappa shape index (κ1) is 21.7. The number of rotatable bonds is 6. The molecular weight excluding hydrogens is 435 g/mol. The van der Waals surface area contributed by atoms with Crippen LogP contribution in [0.15, 0.2) is 47.4 Å². The molecule has 0 aromatic heterocycles. The highest BCUT2D eigenvalue weighted by Crippen LogP contribution is 2.35. The molecule has 0 aliphatic carbocycles. The number of halogens is 2. The number of hydrogen-bond acceptors (Lipinski definition) is 4. The summed E-state index contributed by atoms with van der Waals surface area (Å²) >= 11 is 12.2. The minimum atomic E-state index is -4.18. The van der Waals surface area contributed by atoms with Gasteiger partial charge in [-0.3, -0.25) is 9.10 Å². The molecule has 1 saturated heterocycles. The number of likely N-dealkylation sites (tertiary alicyclic amines) is 1. The van der Waals surface area contributed by atoms with Crippen molar-refractivity contribution in [1.29, 1.82) is 0 Å². The van der Waals surface area contributed by atoms with Crippen molar-refractivity contribution in [2.24, 2.45) is 0 Å². The molecule has 1 heterocycles. The van der Waals surface area contributed by atoms with Gasteiger partial charge in [0.2, 0.25) is 5.91 Å². The third kappa shape index (κ3) is 4.79. The smallest absolute Gasteiger partial charge is 0.266 e. The number of carbonyl (C=O) groups excluding carboxylic acids is 1. The predicted octanol–water partition coefficient (Wildman–Crippen LogP) is 4.21. The molecule has 156 valence electrons. The molecule has 0 N–H and O–H groups in total. The van der Waals surface area contributed by atoms with E-state index in [1.54, 1.807) is 29.2 Å². The predicted molar refractivity (Wildman–Crippen MR) is 114 cm³/mol. The lowest BCUT2D eigenvalue weighted by Gasteiger charge is -2.31. The van der Waals surface area contributed by atoms with Crippen LogP contribution in [0.5, 0.6) is 5.75 Å². The number of methoxy groups -OCH3 is 1. The lowest BCUT2D eigenvalue weighted by Crippen LogP contribution is -2.45. The van der Waals surface area contributed by atoms with E-state index in [2.05, 4.69) is 0 Å². The van der Waals surface area contributed by atoms with Gasteiger partial charge in [-0.25, -0.2) is 8.42 Å². The number of carbonyl (C=O) groups is 1. The summed E-state index contributed by atoms with van der Waals surface area (Å²) < 4.78 is 33.5. The summed E-state index contributed by atoms with van der Waals surface area (Å²) in [6.45, 7) is 0.888. The Bertz CT molecular complexity index is 992. The fourth-order valence-corrected chi connectivity index (χ4v) is 5.46. The molecule has 1 amide bonds. The number of benzene rings is 2. The summed E-state index contributed by atoms with van der Waals surface area (Å²) in [5, 5.41) is 0.259. The number of amides is 1. The minimum absolute atomic E-state index is 0.0275. The highest BCUT2D eigenvalue weighted by atomic mass is 35.5. The van der Waals surface area contributed by atoms with Crippen LogP contribution in [0.1, 0.15) is 19.3 Å². The number of ether oxygens (including phenoxy) is 1. The van der Waals surface area contributed by atoms with Crippen LogP contribution in [-0.2, 0) is 14.8 Å². The van der Waals surface area contributed by atoms with Crippen molar-refractivity contribution >= 4 is 44.8 Å². The first-order chi connectivity index (χ1) is 13.8. The van der Waals surface area contributed by atoms with Crippen LogP contribution in [0, 0.1) is 0 Å². The normalized spacial score (nSPS) is 14.5. The van der Waals surface area contributed by atoms with Crippen LogP contribution in [0.25, 0.3) is 0 Å². The third-order valence-corrected chi connectivity index (χ3v) is 7.28. The lowest BCUT2D eigenvalue weighted by atomic mass is 10.1. The summed E-state index contributed by atoms with van der Waals surface area (Å²) in [7, 11) is -2.74. The van der Waals surface area contributed by atoms with E-state index in [1.807, 2.05) is 0 Å². The van der Waals surface area contributed by atoms with Crippen molar-refractivity contribution in [2.45, 2.75) is 24.2 Å². The van der Waals surface area contributed by atoms with Gasteiger partial charge in [0.25, 0.3) is 10.0 Å². The van der Waals surface area contributed by atoms with Gasteiger partial charge in [-0.05, 0) is 49.6 Å². The topological polar surface area (TPSA) is 66.9 Å². The molecule has 0 bridgehead atoms. The monoisotopic (exact) mass is 456 g/mol. The van der Waals surface area contributed by atoms with Gasteiger partial charge < -0.3 is 9.64 Å². The molecule has 9 heteroatoms. The fraction of sp³-hybridized carbons (Fsp3) is 0.350. The Morgan fingerprint density at radius 2 is 1.79 bits per heavy atom. The first-order valence-corrected chi connectivity index (χ1v) is 11.4. The SMILES string of the molecule is COc1ccccc1N(CC(=O)N1CCCCC1)S(=O)(=O)c1cc(Cl)ccc1Cl. The average Bonchev–Trinajstić information content (AvgIpc) is 2.74. The van der Waals surface area contributed by atoms with Gasteiger partial charge in [0.15, 0.2) is 0 Å². The maximum absolute atomic E-state index is 13.5. The molecule has 29 heavy (non-hydrogen) atoms. The Labute approximate surface area is 181 Å². The van der Waals surface area contributed by atoms with Gasteiger partial charge in [0, 0.05) is 18.1 Å². The first-order valence-electron chi connectivity index (χ1n) is 9.23. The molecule has 0 atom stereocenters. The summed E-state index contributed by atoms with van der Waals surface area (Å²) in [4.78, 5) is 14.5. The lowest BCUT2D eigenvalue weighted by molar-refractivity contribution is -0.130. The van der Waals surface area contributed by atoms with Crippen molar-refractivity contribution in [2.75, 3.05) is 31.0 Å². The highest BCUT2D eigenvalue weighted by molar-refractivity contribution is 7.93. The number of piperidine rings is 1. The second kappa shape index (κ2) is 9.24. The summed E-state index contributed by atoms with van der Waals surface area (Å²) in [5.41, 5.74) is 0.261. The molecule has 0 radical (unpaired) electrons. The Morgan fingerprint density at radius 3 is 2.48 bits per heavy atom. The van der Waals surface area contributed by atoms with Crippen molar-refractivity contribution < 1.29 is 17.9 Å². The van der Waals surface area contributed by atoms with E-state index in [9.17, 15) is 13.2 Å². The van der Waals surface area contributed by atoms with Crippen molar-refractivity contribution in [3.05, 3.63) is 52.5 Å². The van der Waals surface area contributed by atoms with E-state index in [4.69, 9.17) is 27.9 Å². The van der Waals surface area contributed by atoms with Gasteiger partial charge >= 0.3 is 0 Å². The fourth-order valence-electron chi connectivity index (χ4n) is 3.30. The van der Waals surface area contributed by atoms with E-state index in [0.29, 0.717) is 18.8 Å². The second-order valence-corrected chi connectivity index (χ2v) is 9.37. The van der Waals surface area contributed by atoms with Crippen molar-refractivity contribution in [3.8, 4) is 5.75 Å². The molecule has 1 fully saturated rings. The minimum Gasteiger partial charge on any atom is -0.495 e. The maximum atomic E-state index is 13.5. The van der Waals surface area contributed by atoms with E-state index < -0.39 is 10.0 Å². The highest BCUT2D eigenvalue weighted by Gasteiger charge is 2.32. The second-order valence-electron chi connectivity index (χ2n) is 6.70. The molecule has 0 saturated carbocycles. The number of hydrogen-bond donors (Lipinski definition) is 0. The average molecular weight is 457 g/mol. The largest absolute Gasteiger partial charge is 0.495 e. The number of para-hydroxylation sites is 2. The van der Waals surface area contributed by atoms with Gasteiger partial charge in [0.1, 0.15) is 17.2 Å². The molecule has 6 nitrogen and oxygen atoms in total. The van der Waals surface area contributed by atoms with Crippen LogP contribution in [-0.4, -0.2) is 46.0 Å². The van der Waals surface area contributed by atoms with Gasteiger partial charge in [-0.1, -0.05) is 35.3 Å². The molecule has 2 aromatic carbocycles. The molecule has 0 spiro atoms. The molecule has 0 unspecified atom stereocenters. The summed E-state index contributed by atoms with van der Waals surface area (Å²) in [6.07, 6.45) is 2.89. The number of nitrogens with zero attached hydrogens (tertiary/aromatic N) is 2. The van der Waals surface area contributed by atoms with Crippen LogP contribution >= 0.6 is 23.2 Å². The van der Waals surface area contributed by atoms with E-state index >= 15 is 0 Å². The van der Waals surface area contributed by atoms with Crippen LogP contribution in [0.3, 0.4) is 0 Å². The molecule has 1 aliphatic rings. The van der Waals surface area contributed by atoms with Crippen LogP contribution < -0.4 is 9.04 Å².